The summed E-state index contributed by atoms with van der Waals surface area (Å²) >= 11 is 1.48. The van der Waals surface area contributed by atoms with Crippen LogP contribution >= 0.6 is 11.3 Å². The fourth-order valence-electron chi connectivity index (χ4n) is 5.14. The van der Waals surface area contributed by atoms with Gasteiger partial charge < -0.3 is 15.5 Å². The molecule has 5 nitrogen and oxygen atoms in total. The van der Waals surface area contributed by atoms with Crippen molar-refractivity contribution in [2.45, 2.75) is 51.0 Å². The molecular formula is C23H27NO4S. The summed E-state index contributed by atoms with van der Waals surface area (Å²) in [5, 5.41) is 24.5. The van der Waals surface area contributed by atoms with Gasteiger partial charge in [0.05, 0.1) is 5.56 Å². The minimum atomic E-state index is -0.745. The second kappa shape index (κ2) is 8.57. The lowest BCUT2D eigenvalue weighted by Gasteiger charge is -2.31. The summed E-state index contributed by atoms with van der Waals surface area (Å²) in [6, 6.07) is 5.35. The van der Waals surface area contributed by atoms with Crippen LogP contribution in [-0.2, 0) is 4.79 Å². The lowest BCUT2D eigenvalue weighted by molar-refractivity contribution is -0.137. The van der Waals surface area contributed by atoms with Crippen LogP contribution in [-0.4, -0.2) is 28.1 Å². The van der Waals surface area contributed by atoms with Gasteiger partial charge in [0.15, 0.2) is 0 Å². The molecule has 4 rings (SSSR count). The van der Waals surface area contributed by atoms with Gasteiger partial charge in [0.1, 0.15) is 5.75 Å². The molecule has 2 bridgehead atoms. The number of carboxylic acid groups (broad SMARTS) is 1. The lowest BCUT2D eigenvalue weighted by Crippen LogP contribution is -2.43. The van der Waals surface area contributed by atoms with Gasteiger partial charge in [0.2, 0.25) is 0 Å². The molecule has 6 heteroatoms. The third-order valence-corrected chi connectivity index (χ3v) is 7.47. The van der Waals surface area contributed by atoms with Crippen molar-refractivity contribution >= 4 is 33.3 Å². The highest BCUT2D eigenvalue weighted by molar-refractivity contribution is 7.17. The highest BCUT2D eigenvalue weighted by Gasteiger charge is 2.47. The third kappa shape index (κ3) is 4.32. The van der Waals surface area contributed by atoms with Gasteiger partial charge in [-0.1, -0.05) is 12.2 Å². The molecule has 1 amide bonds. The average molecular weight is 414 g/mol. The van der Waals surface area contributed by atoms with Crippen LogP contribution in [0.3, 0.4) is 0 Å². The number of unbranched alkanes of at least 4 members (excludes halogenated alkanes) is 1. The Morgan fingerprint density at radius 1 is 1.21 bits per heavy atom. The summed E-state index contributed by atoms with van der Waals surface area (Å²) in [7, 11) is 0. The first-order valence-electron chi connectivity index (χ1n) is 10.4. The van der Waals surface area contributed by atoms with Gasteiger partial charge in [0.25, 0.3) is 5.91 Å². The summed E-state index contributed by atoms with van der Waals surface area (Å²) in [6.07, 6.45) is 10.5. The zero-order chi connectivity index (χ0) is 20.4. The van der Waals surface area contributed by atoms with Crippen molar-refractivity contribution in [1.29, 1.82) is 0 Å². The molecule has 0 spiro atoms. The van der Waals surface area contributed by atoms with E-state index in [-0.39, 0.29) is 24.1 Å². The van der Waals surface area contributed by atoms with Crippen molar-refractivity contribution in [3.8, 4) is 5.75 Å². The molecule has 2 aromatic rings. The van der Waals surface area contributed by atoms with E-state index in [0.717, 1.165) is 22.9 Å². The van der Waals surface area contributed by atoms with Gasteiger partial charge in [-0.05, 0) is 74.5 Å². The molecule has 4 atom stereocenters. The molecule has 3 N–H and O–H groups in total. The van der Waals surface area contributed by atoms with Gasteiger partial charge in [-0.25, -0.2) is 0 Å². The van der Waals surface area contributed by atoms with E-state index in [4.69, 9.17) is 5.11 Å². The second-order valence-electron chi connectivity index (χ2n) is 8.32. The number of allylic oxidation sites excluding steroid dienone is 2. The zero-order valence-electron chi connectivity index (χ0n) is 16.3. The van der Waals surface area contributed by atoms with Crippen LogP contribution < -0.4 is 5.32 Å². The topological polar surface area (TPSA) is 86.6 Å². The van der Waals surface area contributed by atoms with Crippen LogP contribution in [0.1, 0.15) is 55.3 Å². The van der Waals surface area contributed by atoms with Crippen LogP contribution in [0, 0.1) is 17.8 Å². The highest BCUT2D eigenvalue weighted by atomic mass is 32.1. The number of hydrogen-bond donors (Lipinski definition) is 3. The summed E-state index contributed by atoms with van der Waals surface area (Å²) in [4.78, 5) is 23.6. The van der Waals surface area contributed by atoms with E-state index in [1.165, 1.54) is 30.6 Å². The number of aliphatic carboxylic acids is 1. The van der Waals surface area contributed by atoms with Crippen LogP contribution in [0.25, 0.3) is 10.1 Å². The molecule has 0 aliphatic heterocycles. The molecule has 2 aliphatic carbocycles. The Hall–Kier alpha value is -2.34. The summed E-state index contributed by atoms with van der Waals surface area (Å²) < 4.78 is 0.920. The molecule has 2 saturated carbocycles. The number of aromatic hydroxyl groups is 1. The number of carbonyl (C=O) groups excluding carboxylic acids is 1. The van der Waals surface area contributed by atoms with E-state index in [1.807, 2.05) is 11.4 Å². The predicted octanol–water partition coefficient (Wildman–Crippen LogP) is 4.95. The minimum absolute atomic E-state index is 0.0186. The van der Waals surface area contributed by atoms with Crippen molar-refractivity contribution < 1.29 is 19.8 Å². The van der Waals surface area contributed by atoms with Gasteiger partial charge >= 0.3 is 5.97 Å². The Bertz CT molecular complexity index is 934. The first kappa shape index (κ1) is 20.0. The molecule has 0 saturated heterocycles. The van der Waals surface area contributed by atoms with E-state index in [9.17, 15) is 14.7 Å². The number of phenolic OH excluding ortho intramolecular Hbond substituents is 1. The zero-order valence-corrected chi connectivity index (χ0v) is 17.2. The maximum Gasteiger partial charge on any atom is 0.303 e. The number of hydrogen-bond acceptors (Lipinski definition) is 4. The molecular weight excluding hydrogens is 386 g/mol. The molecule has 29 heavy (non-hydrogen) atoms. The van der Waals surface area contributed by atoms with Crippen molar-refractivity contribution in [2.24, 2.45) is 17.8 Å². The van der Waals surface area contributed by atoms with E-state index < -0.39 is 5.97 Å². The maximum atomic E-state index is 13.0. The van der Waals surface area contributed by atoms with Crippen molar-refractivity contribution in [3.63, 3.8) is 0 Å². The first-order valence-corrected chi connectivity index (χ1v) is 11.3. The van der Waals surface area contributed by atoms with Gasteiger partial charge in [0, 0.05) is 27.9 Å². The van der Waals surface area contributed by atoms with Crippen LogP contribution in [0.4, 0.5) is 0 Å². The smallest absolute Gasteiger partial charge is 0.303 e. The van der Waals surface area contributed by atoms with E-state index >= 15 is 0 Å². The quantitative estimate of drug-likeness (QED) is 0.422. The number of carboxylic acids is 1. The van der Waals surface area contributed by atoms with Crippen molar-refractivity contribution in [2.75, 3.05) is 0 Å². The standard InChI is InChI=1S/C23H27NO4S/c25-16-9-10-18-19(13-29-20(18)12-16)23(28)24-22-15-8-7-14(11-15)17(22)5-3-1-2-4-6-21(26)27/h1,3,9-10,12-15,17,22,25H,2,4-8,11H2,(H,24,28)(H,26,27)/b3-1-/t14-,15+,17+,22+/m1/s1. The Labute approximate surface area is 174 Å². The highest BCUT2D eigenvalue weighted by Crippen LogP contribution is 2.50. The van der Waals surface area contributed by atoms with Crippen molar-refractivity contribution in [3.05, 3.63) is 41.3 Å². The Balaban J connectivity index is 1.40. The van der Waals surface area contributed by atoms with Crippen LogP contribution in [0.2, 0.25) is 0 Å². The Morgan fingerprint density at radius 3 is 2.86 bits per heavy atom. The van der Waals surface area contributed by atoms with E-state index in [2.05, 4.69) is 17.5 Å². The predicted molar refractivity (Wildman–Crippen MR) is 114 cm³/mol. The molecule has 2 fully saturated rings. The molecule has 0 radical (unpaired) electrons. The number of rotatable bonds is 8. The normalized spacial score (nSPS) is 25.8. The van der Waals surface area contributed by atoms with Crippen LogP contribution in [0.5, 0.6) is 5.75 Å². The molecule has 1 heterocycles. The lowest BCUT2D eigenvalue weighted by atomic mass is 9.82. The number of amides is 1. The monoisotopic (exact) mass is 413 g/mol. The molecule has 1 aromatic carbocycles. The van der Waals surface area contributed by atoms with Gasteiger partial charge in [-0.2, -0.15) is 0 Å². The second-order valence-corrected chi connectivity index (χ2v) is 9.23. The summed E-state index contributed by atoms with van der Waals surface area (Å²) in [5.41, 5.74) is 0.690. The summed E-state index contributed by atoms with van der Waals surface area (Å²) in [5.74, 6) is 1.14. The number of nitrogens with one attached hydrogen (secondary N) is 1. The molecule has 1 aromatic heterocycles. The molecule has 2 aliphatic rings. The fraction of sp³-hybridized carbons (Fsp3) is 0.478. The number of fused-ring (bicyclic) bond motifs is 3. The number of thiophene rings is 1. The third-order valence-electron chi connectivity index (χ3n) is 6.53. The first-order chi connectivity index (χ1) is 14.0. The fourth-order valence-corrected chi connectivity index (χ4v) is 6.11. The number of carbonyl (C=O) groups is 2. The Morgan fingerprint density at radius 2 is 2.03 bits per heavy atom. The molecule has 0 unspecified atom stereocenters. The largest absolute Gasteiger partial charge is 0.508 e. The SMILES string of the molecule is O=C(O)CCC/C=C\C[C@H]1[C@@H]2CC[C@@H](C2)[C@@H]1NC(=O)c1csc2cc(O)ccc12. The Kier molecular flexibility index (Phi) is 5.90. The van der Waals surface area contributed by atoms with E-state index in [1.54, 1.807) is 12.1 Å². The average Bonchev–Trinajstić information content (AvgIpc) is 3.39. The molecule has 154 valence electrons. The minimum Gasteiger partial charge on any atom is -0.508 e. The van der Waals surface area contributed by atoms with Crippen LogP contribution in [0.15, 0.2) is 35.7 Å². The maximum absolute atomic E-state index is 13.0. The van der Waals surface area contributed by atoms with Crippen molar-refractivity contribution in [1.82, 2.24) is 5.32 Å². The van der Waals surface area contributed by atoms with Gasteiger partial charge in [-0.3, -0.25) is 9.59 Å². The van der Waals surface area contributed by atoms with E-state index in [0.29, 0.717) is 29.7 Å². The summed E-state index contributed by atoms with van der Waals surface area (Å²) in [6.45, 7) is 0. The number of benzene rings is 1. The number of phenols is 1. The van der Waals surface area contributed by atoms with Gasteiger partial charge in [-0.15, -0.1) is 11.3 Å².